The van der Waals surface area contributed by atoms with Gasteiger partial charge in [-0.1, -0.05) is 6.07 Å². The number of aryl methyl sites for hydroxylation is 1. The van der Waals surface area contributed by atoms with E-state index in [0.717, 1.165) is 17.7 Å². The van der Waals surface area contributed by atoms with Gasteiger partial charge in [-0.15, -0.1) is 0 Å². The minimum Gasteiger partial charge on any atom is -0.385 e. The van der Waals surface area contributed by atoms with Crippen LogP contribution in [0.4, 0.5) is 0 Å². The fourth-order valence-corrected chi connectivity index (χ4v) is 1.36. The SMILES string of the molecule is CNCCC(C)(O)c1cncc(C)c1. The molecule has 1 unspecified atom stereocenters. The van der Waals surface area contributed by atoms with Gasteiger partial charge in [0.15, 0.2) is 0 Å². The van der Waals surface area contributed by atoms with Crippen LogP contribution in [0.15, 0.2) is 18.5 Å². The fraction of sp³-hybridized carbons (Fsp3) is 0.545. The minimum absolute atomic E-state index is 0.689. The smallest absolute Gasteiger partial charge is 0.0895 e. The minimum atomic E-state index is -0.790. The Balaban J connectivity index is 2.80. The van der Waals surface area contributed by atoms with Gasteiger partial charge in [0.2, 0.25) is 0 Å². The van der Waals surface area contributed by atoms with Gasteiger partial charge in [0.25, 0.3) is 0 Å². The van der Waals surface area contributed by atoms with Gasteiger partial charge >= 0.3 is 0 Å². The Kier molecular flexibility index (Phi) is 3.61. The second-order valence-electron chi connectivity index (χ2n) is 3.88. The van der Waals surface area contributed by atoms with Crippen LogP contribution in [0.1, 0.15) is 24.5 Å². The van der Waals surface area contributed by atoms with Gasteiger partial charge in [0.05, 0.1) is 5.60 Å². The van der Waals surface area contributed by atoms with Crippen molar-refractivity contribution in [2.45, 2.75) is 25.9 Å². The molecule has 0 aliphatic heterocycles. The maximum atomic E-state index is 10.2. The zero-order valence-electron chi connectivity index (χ0n) is 9.04. The van der Waals surface area contributed by atoms with E-state index in [-0.39, 0.29) is 0 Å². The second-order valence-corrected chi connectivity index (χ2v) is 3.88. The number of hydrogen-bond acceptors (Lipinski definition) is 3. The van der Waals surface area contributed by atoms with Crippen LogP contribution < -0.4 is 5.32 Å². The molecular weight excluding hydrogens is 176 g/mol. The highest BCUT2D eigenvalue weighted by atomic mass is 16.3. The number of hydrogen-bond donors (Lipinski definition) is 2. The summed E-state index contributed by atoms with van der Waals surface area (Å²) in [6, 6.07) is 1.97. The number of nitrogens with zero attached hydrogens (tertiary/aromatic N) is 1. The van der Waals surface area contributed by atoms with E-state index in [1.807, 2.05) is 27.0 Å². The lowest BCUT2D eigenvalue weighted by molar-refractivity contribution is 0.0481. The molecule has 1 atom stereocenters. The molecule has 0 aliphatic carbocycles. The van der Waals surface area contributed by atoms with E-state index in [1.54, 1.807) is 12.4 Å². The van der Waals surface area contributed by atoms with Crippen molar-refractivity contribution >= 4 is 0 Å². The van der Waals surface area contributed by atoms with E-state index in [2.05, 4.69) is 10.3 Å². The summed E-state index contributed by atoms with van der Waals surface area (Å²) in [7, 11) is 1.88. The number of aromatic nitrogens is 1. The molecule has 0 spiro atoms. The van der Waals surface area contributed by atoms with Crippen LogP contribution in [-0.4, -0.2) is 23.7 Å². The lowest BCUT2D eigenvalue weighted by Gasteiger charge is -2.23. The molecular formula is C11H18N2O. The largest absolute Gasteiger partial charge is 0.385 e. The van der Waals surface area contributed by atoms with Gasteiger partial charge in [-0.2, -0.15) is 0 Å². The number of rotatable bonds is 4. The summed E-state index contributed by atoms with van der Waals surface area (Å²) in [5, 5.41) is 13.2. The van der Waals surface area contributed by atoms with Gasteiger partial charge in [-0.05, 0) is 39.4 Å². The highest BCUT2D eigenvalue weighted by Gasteiger charge is 2.22. The molecule has 2 N–H and O–H groups in total. The maximum absolute atomic E-state index is 10.2. The summed E-state index contributed by atoms with van der Waals surface area (Å²) < 4.78 is 0. The normalized spacial score (nSPS) is 15.1. The van der Waals surface area contributed by atoms with Crippen molar-refractivity contribution in [3.8, 4) is 0 Å². The molecule has 1 aromatic rings. The topological polar surface area (TPSA) is 45.1 Å². The summed E-state index contributed by atoms with van der Waals surface area (Å²) in [5.74, 6) is 0. The van der Waals surface area contributed by atoms with E-state index < -0.39 is 5.60 Å². The van der Waals surface area contributed by atoms with Crippen LogP contribution in [0, 0.1) is 6.92 Å². The molecule has 14 heavy (non-hydrogen) atoms. The Morgan fingerprint density at radius 3 is 2.79 bits per heavy atom. The molecule has 0 saturated carbocycles. The van der Waals surface area contributed by atoms with E-state index >= 15 is 0 Å². The molecule has 0 aliphatic rings. The van der Waals surface area contributed by atoms with Crippen molar-refractivity contribution in [1.29, 1.82) is 0 Å². The monoisotopic (exact) mass is 194 g/mol. The Hall–Kier alpha value is -0.930. The first-order valence-corrected chi connectivity index (χ1v) is 4.85. The maximum Gasteiger partial charge on any atom is 0.0895 e. The van der Waals surface area contributed by atoms with Crippen molar-refractivity contribution in [2.75, 3.05) is 13.6 Å². The molecule has 3 heteroatoms. The third kappa shape index (κ3) is 2.79. The van der Waals surface area contributed by atoms with Crippen molar-refractivity contribution in [2.24, 2.45) is 0 Å². The third-order valence-electron chi connectivity index (χ3n) is 2.36. The van der Waals surface area contributed by atoms with Gasteiger partial charge in [0.1, 0.15) is 0 Å². The van der Waals surface area contributed by atoms with Gasteiger partial charge < -0.3 is 10.4 Å². The van der Waals surface area contributed by atoms with Gasteiger partial charge in [-0.3, -0.25) is 4.98 Å². The molecule has 78 valence electrons. The summed E-state index contributed by atoms with van der Waals surface area (Å²) >= 11 is 0. The van der Waals surface area contributed by atoms with Gasteiger partial charge in [-0.25, -0.2) is 0 Å². The van der Waals surface area contributed by atoms with E-state index in [4.69, 9.17) is 0 Å². The van der Waals surface area contributed by atoms with Crippen LogP contribution in [0.5, 0.6) is 0 Å². The third-order valence-corrected chi connectivity index (χ3v) is 2.36. The molecule has 0 amide bonds. The average molecular weight is 194 g/mol. The quantitative estimate of drug-likeness (QED) is 0.757. The first-order chi connectivity index (χ1) is 6.56. The zero-order valence-corrected chi connectivity index (χ0v) is 9.04. The van der Waals surface area contributed by atoms with Crippen molar-refractivity contribution < 1.29 is 5.11 Å². The standard InChI is InChI=1S/C11H18N2O/c1-9-6-10(8-13-7-9)11(2,14)4-5-12-3/h6-8,12,14H,4-5H2,1-3H3. The molecule has 0 fully saturated rings. The Morgan fingerprint density at radius 2 is 2.21 bits per heavy atom. The number of aliphatic hydroxyl groups is 1. The predicted molar refractivity (Wildman–Crippen MR) is 57.1 cm³/mol. The molecule has 1 rings (SSSR count). The summed E-state index contributed by atoms with van der Waals surface area (Å²) in [4.78, 5) is 4.08. The lowest BCUT2D eigenvalue weighted by Crippen LogP contribution is -2.26. The first-order valence-electron chi connectivity index (χ1n) is 4.85. The molecule has 0 aromatic carbocycles. The second kappa shape index (κ2) is 4.53. The Labute approximate surface area is 85.2 Å². The van der Waals surface area contributed by atoms with Crippen LogP contribution in [0.25, 0.3) is 0 Å². The van der Waals surface area contributed by atoms with Crippen LogP contribution in [-0.2, 0) is 5.60 Å². The highest BCUT2D eigenvalue weighted by molar-refractivity contribution is 5.22. The van der Waals surface area contributed by atoms with Crippen molar-refractivity contribution in [1.82, 2.24) is 10.3 Å². The zero-order chi connectivity index (χ0) is 10.6. The highest BCUT2D eigenvalue weighted by Crippen LogP contribution is 2.23. The number of nitrogens with one attached hydrogen (secondary N) is 1. The van der Waals surface area contributed by atoms with Crippen molar-refractivity contribution in [3.05, 3.63) is 29.6 Å². The molecule has 1 heterocycles. The summed E-state index contributed by atoms with van der Waals surface area (Å²) in [6.45, 7) is 4.59. The van der Waals surface area contributed by atoms with E-state index in [9.17, 15) is 5.11 Å². The number of pyridine rings is 1. The molecule has 0 saturated heterocycles. The molecule has 0 bridgehead atoms. The van der Waals surface area contributed by atoms with E-state index in [1.165, 1.54) is 0 Å². The first kappa shape index (κ1) is 11.1. The van der Waals surface area contributed by atoms with Crippen LogP contribution >= 0.6 is 0 Å². The fourth-order valence-electron chi connectivity index (χ4n) is 1.36. The predicted octanol–water partition coefficient (Wildman–Crippen LogP) is 1.21. The average Bonchev–Trinajstić information content (AvgIpc) is 2.15. The van der Waals surface area contributed by atoms with E-state index in [0.29, 0.717) is 6.42 Å². The lowest BCUT2D eigenvalue weighted by atomic mass is 9.93. The van der Waals surface area contributed by atoms with Crippen molar-refractivity contribution in [3.63, 3.8) is 0 Å². The van der Waals surface area contributed by atoms with Crippen LogP contribution in [0.2, 0.25) is 0 Å². The Morgan fingerprint density at radius 1 is 1.50 bits per heavy atom. The van der Waals surface area contributed by atoms with Crippen LogP contribution in [0.3, 0.4) is 0 Å². The Bertz CT molecular complexity index is 297. The van der Waals surface area contributed by atoms with Gasteiger partial charge in [0, 0.05) is 18.0 Å². The molecule has 1 aromatic heterocycles. The summed E-state index contributed by atoms with van der Waals surface area (Å²) in [5.41, 5.74) is 1.17. The molecule has 3 nitrogen and oxygen atoms in total. The molecule has 0 radical (unpaired) electrons. The summed E-state index contributed by atoms with van der Waals surface area (Å²) in [6.07, 6.45) is 4.20.